The van der Waals surface area contributed by atoms with Crippen molar-refractivity contribution in [2.45, 2.75) is 12.3 Å². The third kappa shape index (κ3) is 3.48. The van der Waals surface area contributed by atoms with Gasteiger partial charge in [-0.15, -0.1) is 0 Å². The summed E-state index contributed by atoms with van der Waals surface area (Å²) < 4.78 is 25.8. The minimum absolute atomic E-state index is 0.342. The minimum atomic E-state index is -2.89. The van der Waals surface area contributed by atoms with Gasteiger partial charge in [-0.05, 0) is 5.56 Å². The summed E-state index contributed by atoms with van der Waals surface area (Å²) in [5.74, 6) is 1.70. The average molecular weight is 187 g/mol. The summed E-state index contributed by atoms with van der Waals surface area (Å²) in [4.78, 5) is 3.93. The van der Waals surface area contributed by atoms with Crippen molar-refractivity contribution in [2.75, 3.05) is 6.61 Å². The normalized spacial score (nSPS) is 11.6. The fourth-order valence-electron chi connectivity index (χ4n) is 1.07. The number of hydrogen-bond acceptors (Lipinski definition) is 2. The van der Waals surface area contributed by atoms with E-state index in [9.17, 15) is 8.78 Å². The van der Waals surface area contributed by atoms with Crippen LogP contribution in [0, 0.1) is 0 Å². The van der Waals surface area contributed by atoms with Gasteiger partial charge < -0.3 is 0 Å². The third-order valence-electron chi connectivity index (χ3n) is 1.60. The fourth-order valence-corrected chi connectivity index (χ4v) is 1.07. The Kier molecular flexibility index (Phi) is 3.33. The van der Waals surface area contributed by atoms with Crippen molar-refractivity contribution in [3.8, 4) is 0 Å². The second-order valence-corrected chi connectivity index (χ2v) is 2.83. The fraction of sp³-hybridized carbons (Fsp3) is 0.333. The molecular formula is C9H11F2NO. The summed E-state index contributed by atoms with van der Waals surface area (Å²) in [6, 6.07) is 8.50. The molecule has 0 heterocycles. The maximum absolute atomic E-state index is 12.9. The Hall–Kier alpha value is -1.00. The van der Waals surface area contributed by atoms with Crippen LogP contribution in [0.2, 0.25) is 0 Å². The SMILES string of the molecule is NOCC(F)(F)Cc1ccccc1. The molecule has 0 aliphatic carbocycles. The molecule has 0 atom stereocenters. The molecular weight excluding hydrogens is 176 g/mol. The second kappa shape index (κ2) is 4.30. The molecule has 1 rings (SSSR count). The first-order chi connectivity index (χ1) is 6.14. The summed E-state index contributed by atoms with van der Waals surface area (Å²) in [5, 5.41) is 0. The largest absolute Gasteiger partial charge is 0.298 e. The van der Waals surface area contributed by atoms with Crippen molar-refractivity contribution in [1.29, 1.82) is 0 Å². The van der Waals surface area contributed by atoms with Crippen LogP contribution in [-0.4, -0.2) is 12.5 Å². The molecule has 2 N–H and O–H groups in total. The Balaban J connectivity index is 2.58. The second-order valence-electron chi connectivity index (χ2n) is 2.83. The molecule has 0 saturated heterocycles. The van der Waals surface area contributed by atoms with Gasteiger partial charge in [0, 0.05) is 6.42 Å². The lowest BCUT2D eigenvalue weighted by Gasteiger charge is -2.14. The van der Waals surface area contributed by atoms with Gasteiger partial charge in [0.15, 0.2) is 0 Å². The van der Waals surface area contributed by atoms with Crippen molar-refractivity contribution >= 4 is 0 Å². The van der Waals surface area contributed by atoms with Crippen molar-refractivity contribution in [3.05, 3.63) is 35.9 Å². The third-order valence-corrected chi connectivity index (χ3v) is 1.60. The summed E-state index contributed by atoms with van der Waals surface area (Å²) >= 11 is 0. The summed E-state index contributed by atoms with van der Waals surface area (Å²) in [7, 11) is 0. The molecule has 0 fully saturated rings. The van der Waals surface area contributed by atoms with Crippen LogP contribution in [0.3, 0.4) is 0 Å². The molecule has 0 aromatic heterocycles. The quantitative estimate of drug-likeness (QED) is 0.729. The molecule has 0 aliphatic rings. The van der Waals surface area contributed by atoms with E-state index in [-0.39, 0.29) is 6.42 Å². The average Bonchev–Trinajstić information content (AvgIpc) is 2.04. The van der Waals surface area contributed by atoms with E-state index in [4.69, 9.17) is 0 Å². The molecule has 0 radical (unpaired) electrons. The molecule has 0 aliphatic heterocycles. The van der Waals surface area contributed by atoms with E-state index in [1.54, 1.807) is 30.3 Å². The van der Waals surface area contributed by atoms with Gasteiger partial charge in [0.1, 0.15) is 6.61 Å². The highest BCUT2D eigenvalue weighted by molar-refractivity contribution is 5.16. The van der Waals surface area contributed by atoms with E-state index in [1.807, 2.05) is 0 Å². The first-order valence-electron chi connectivity index (χ1n) is 3.87. The van der Waals surface area contributed by atoms with E-state index in [0.717, 1.165) is 0 Å². The van der Waals surface area contributed by atoms with Crippen LogP contribution in [-0.2, 0) is 11.3 Å². The molecule has 0 amide bonds. The van der Waals surface area contributed by atoms with Gasteiger partial charge >= 0.3 is 0 Å². The summed E-state index contributed by atoms with van der Waals surface area (Å²) in [6.45, 7) is -0.748. The van der Waals surface area contributed by atoms with Gasteiger partial charge in [-0.2, -0.15) is 0 Å². The van der Waals surface area contributed by atoms with E-state index >= 15 is 0 Å². The number of halogens is 2. The van der Waals surface area contributed by atoms with E-state index in [2.05, 4.69) is 10.7 Å². The predicted molar refractivity (Wildman–Crippen MR) is 45.2 cm³/mol. The van der Waals surface area contributed by atoms with Crippen LogP contribution in [0.1, 0.15) is 5.56 Å². The van der Waals surface area contributed by atoms with Crippen molar-refractivity contribution in [1.82, 2.24) is 0 Å². The van der Waals surface area contributed by atoms with Crippen LogP contribution in [0.25, 0.3) is 0 Å². The lowest BCUT2D eigenvalue weighted by Crippen LogP contribution is -2.28. The van der Waals surface area contributed by atoms with E-state index in [1.165, 1.54) is 0 Å². The maximum Gasteiger partial charge on any atom is 0.276 e. The smallest absolute Gasteiger partial charge is 0.276 e. The zero-order valence-electron chi connectivity index (χ0n) is 7.04. The van der Waals surface area contributed by atoms with Crippen LogP contribution in [0.4, 0.5) is 8.78 Å². The van der Waals surface area contributed by atoms with Crippen LogP contribution in [0.15, 0.2) is 30.3 Å². The predicted octanol–water partition coefficient (Wildman–Crippen LogP) is 1.75. The zero-order valence-corrected chi connectivity index (χ0v) is 7.04. The van der Waals surface area contributed by atoms with Gasteiger partial charge in [0.05, 0.1) is 0 Å². The van der Waals surface area contributed by atoms with Gasteiger partial charge in [-0.25, -0.2) is 14.7 Å². The minimum Gasteiger partial charge on any atom is -0.298 e. The van der Waals surface area contributed by atoms with E-state index in [0.29, 0.717) is 5.56 Å². The van der Waals surface area contributed by atoms with E-state index < -0.39 is 12.5 Å². The van der Waals surface area contributed by atoms with Gasteiger partial charge in [-0.1, -0.05) is 30.3 Å². The monoisotopic (exact) mass is 187 g/mol. The zero-order chi connectivity index (χ0) is 9.73. The van der Waals surface area contributed by atoms with Crippen LogP contribution in [0.5, 0.6) is 0 Å². The lowest BCUT2D eigenvalue weighted by molar-refractivity contribution is -0.0770. The maximum atomic E-state index is 12.9. The standard InChI is InChI=1S/C9H11F2NO/c10-9(11,7-13-12)6-8-4-2-1-3-5-8/h1-5H,6-7,12H2. The molecule has 13 heavy (non-hydrogen) atoms. The molecule has 72 valence electrons. The molecule has 0 unspecified atom stereocenters. The first kappa shape index (κ1) is 10.1. The molecule has 0 spiro atoms. The summed E-state index contributed by atoms with van der Waals surface area (Å²) in [6.07, 6.45) is -0.342. The number of benzene rings is 1. The Morgan fingerprint density at radius 2 is 1.85 bits per heavy atom. The van der Waals surface area contributed by atoms with Crippen molar-refractivity contribution < 1.29 is 13.6 Å². The number of rotatable bonds is 4. The first-order valence-corrected chi connectivity index (χ1v) is 3.87. The lowest BCUT2D eigenvalue weighted by atomic mass is 10.1. The number of nitrogens with two attached hydrogens (primary N) is 1. The Labute approximate surface area is 75.3 Å². The van der Waals surface area contributed by atoms with Crippen LogP contribution < -0.4 is 5.90 Å². The van der Waals surface area contributed by atoms with Crippen molar-refractivity contribution in [2.24, 2.45) is 5.90 Å². The van der Waals surface area contributed by atoms with Gasteiger partial charge in [-0.3, -0.25) is 4.84 Å². The van der Waals surface area contributed by atoms with Crippen LogP contribution >= 0.6 is 0 Å². The van der Waals surface area contributed by atoms with Crippen molar-refractivity contribution in [3.63, 3.8) is 0 Å². The number of alkyl halides is 2. The Morgan fingerprint density at radius 1 is 1.23 bits per heavy atom. The highest BCUT2D eigenvalue weighted by Gasteiger charge is 2.29. The molecule has 0 saturated carbocycles. The molecule has 4 heteroatoms. The Bertz CT molecular complexity index is 251. The highest BCUT2D eigenvalue weighted by Crippen LogP contribution is 2.19. The van der Waals surface area contributed by atoms with Gasteiger partial charge in [0.25, 0.3) is 5.92 Å². The Morgan fingerprint density at radius 3 is 2.38 bits per heavy atom. The highest BCUT2D eigenvalue weighted by atomic mass is 19.3. The molecule has 2 nitrogen and oxygen atoms in total. The summed E-state index contributed by atoms with van der Waals surface area (Å²) in [5.41, 5.74) is 0.574. The molecule has 1 aromatic carbocycles. The topological polar surface area (TPSA) is 35.2 Å². The number of hydrogen-bond donors (Lipinski definition) is 1. The molecule has 1 aromatic rings. The molecule has 0 bridgehead atoms. The van der Waals surface area contributed by atoms with Gasteiger partial charge in [0.2, 0.25) is 0 Å².